The molecule has 1 aliphatic rings. The first-order chi connectivity index (χ1) is 19.6. The van der Waals surface area contributed by atoms with E-state index in [-0.39, 0.29) is 47.0 Å². The van der Waals surface area contributed by atoms with Crippen molar-refractivity contribution in [3.63, 3.8) is 0 Å². The van der Waals surface area contributed by atoms with Gasteiger partial charge in [-0.25, -0.2) is 13.4 Å². The number of carbonyl (C=O) groups is 1. The highest BCUT2D eigenvalue weighted by Crippen LogP contribution is 2.31. The van der Waals surface area contributed by atoms with Crippen molar-refractivity contribution < 1.29 is 13.2 Å². The predicted molar refractivity (Wildman–Crippen MR) is 154 cm³/mol. The van der Waals surface area contributed by atoms with E-state index in [1.165, 1.54) is 10.8 Å². The Morgan fingerprint density at radius 3 is 2.66 bits per heavy atom. The largest absolute Gasteiger partial charge is 0.382 e. The minimum atomic E-state index is -3.74. The molecule has 218 valence electrons. The lowest BCUT2D eigenvalue weighted by molar-refractivity contribution is 0.0580. The number of hydrogen-bond acceptors (Lipinski definition) is 10. The van der Waals surface area contributed by atoms with Gasteiger partial charge in [-0.15, -0.1) is 10.2 Å². The summed E-state index contributed by atoms with van der Waals surface area (Å²) in [6, 6.07) is 3.89. The Bertz CT molecular complexity index is 1630. The van der Waals surface area contributed by atoms with Crippen LogP contribution in [0.1, 0.15) is 74.5 Å². The van der Waals surface area contributed by atoms with Crippen LogP contribution in [0.3, 0.4) is 0 Å². The molecule has 13 nitrogen and oxygen atoms in total. The molecule has 2 unspecified atom stereocenters. The highest BCUT2D eigenvalue weighted by atomic mass is 32.2. The molecular formula is C27H36N10O3S. The van der Waals surface area contributed by atoms with Crippen LogP contribution in [0.15, 0.2) is 35.7 Å². The van der Waals surface area contributed by atoms with Gasteiger partial charge in [0.2, 0.25) is 5.82 Å². The van der Waals surface area contributed by atoms with Crippen LogP contribution >= 0.6 is 0 Å². The van der Waals surface area contributed by atoms with Crippen molar-refractivity contribution in [2.75, 3.05) is 18.5 Å². The monoisotopic (exact) mass is 580 g/mol. The second-order valence-electron chi connectivity index (χ2n) is 10.7. The fourth-order valence-corrected chi connectivity index (χ4v) is 6.52. The van der Waals surface area contributed by atoms with Gasteiger partial charge in [-0.2, -0.15) is 9.61 Å². The summed E-state index contributed by atoms with van der Waals surface area (Å²) in [5, 5.41) is 15.4. The smallest absolute Gasteiger partial charge is 0.292 e. The fraction of sp³-hybridized carbons (Fsp3) is 0.481. The number of aromatic amines is 1. The van der Waals surface area contributed by atoms with Crippen LogP contribution in [0, 0.1) is 0 Å². The molecular weight excluding hydrogens is 544 g/mol. The molecule has 5 heterocycles. The highest BCUT2D eigenvalue weighted by Gasteiger charge is 2.29. The number of H-pyrrole nitrogens is 1. The zero-order valence-electron chi connectivity index (χ0n) is 23.7. The molecule has 5 rings (SSSR count). The molecule has 0 saturated carbocycles. The molecule has 4 N–H and O–H groups in total. The zero-order chi connectivity index (χ0) is 29.3. The topological polar surface area (TPSA) is 177 Å². The van der Waals surface area contributed by atoms with Gasteiger partial charge in [-0.05, 0) is 58.6 Å². The Balaban J connectivity index is 1.48. The molecule has 0 spiro atoms. The van der Waals surface area contributed by atoms with E-state index in [0.717, 1.165) is 43.3 Å². The molecule has 0 aromatic carbocycles. The first-order valence-corrected chi connectivity index (χ1v) is 15.7. The number of amides is 1. The van der Waals surface area contributed by atoms with Crippen LogP contribution in [-0.2, 0) is 16.3 Å². The number of carbonyl (C=O) groups excluding carboxylic acids is 1. The lowest BCUT2D eigenvalue weighted by atomic mass is 10.1. The number of nitrogens with one attached hydrogen (secondary N) is 2. The van der Waals surface area contributed by atoms with Gasteiger partial charge in [0.1, 0.15) is 17.0 Å². The molecule has 1 amide bonds. The van der Waals surface area contributed by atoms with E-state index in [1.807, 2.05) is 32.9 Å². The summed E-state index contributed by atoms with van der Waals surface area (Å²) < 4.78 is 27.2. The van der Waals surface area contributed by atoms with Gasteiger partial charge in [0, 0.05) is 41.7 Å². The van der Waals surface area contributed by atoms with Crippen molar-refractivity contribution in [2.45, 2.75) is 75.9 Å². The maximum absolute atomic E-state index is 13.2. The van der Waals surface area contributed by atoms with Crippen LogP contribution in [0.5, 0.6) is 0 Å². The third kappa shape index (κ3) is 5.66. The normalized spacial score (nSPS) is 17.1. The number of nitrogens with zero attached hydrogens (tertiary/aromatic N) is 7. The molecule has 0 bridgehead atoms. The predicted octanol–water partition coefficient (Wildman–Crippen LogP) is 2.58. The molecule has 0 aliphatic carbocycles. The highest BCUT2D eigenvalue weighted by molar-refractivity contribution is 7.91. The summed E-state index contributed by atoms with van der Waals surface area (Å²) in [6.07, 6.45) is 9.53. The number of anilines is 1. The number of rotatable bonds is 10. The minimum Gasteiger partial charge on any atom is -0.382 e. The van der Waals surface area contributed by atoms with E-state index >= 15 is 0 Å². The maximum atomic E-state index is 13.2. The fourth-order valence-electron chi connectivity index (χ4n) is 5.48. The number of aryl methyl sites for hydroxylation is 1. The Hall–Kier alpha value is -3.91. The van der Waals surface area contributed by atoms with E-state index in [9.17, 15) is 13.2 Å². The minimum absolute atomic E-state index is 0.00246. The molecule has 4 aromatic rings. The summed E-state index contributed by atoms with van der Waals surface area (Å²) in [5.74, 6) is -0.106. The van der Waals surface area contributed by atoms with Crippen LogP contribution in [0.2, 0.25) is 0 Å². The molecule has 3 atom stereocenters. The Morgan fingerprint density at radius 1 is 1.24 bits per heavy atom. The van der Waals surface area contributed by atoms with Gasteiger partial charge in [-0.3, -0.25) is 9.78 Å². The average Bonchev–Trinajstić information content (AvgIpc) is 3.73. The summed E-state index contributed by atoms with van der Waals surface area (Å²) >= 11 is 0. The van der Waals surface area contributed by atoms with Crippen molar-refractivity contribution in [1.82, 2.24) is 45.0 Å². The second-order valence-corrected chi connectivity index (χ2v) is 12.6. The Morgan fingerprint density at radius 2 is 2.05 bits per heavy atom. The lowest BCUT2D eigenvalue weighted by Gasteiger charge is -2.33. The molecule has 14 heteroatoms. The van der Waals surface area contributed by atoms with Gasteiger partial charge < -0.3 is 20.9 Å². The van der Waals surface area contributed by atoms with Gasteiger partial charge in [0.25, 0.3) is 5.91 Å². The molecule has 1 fully saturated rings. The molecule has 0 radical (unpaired) electrons. The number of nitrogen functional groups attached to an aromatic ring is 1. The van der Waals surface area contributed by atoms with Crippen LogP contribution in [0.25, 0.3) is 16.8 Å². The van der Waals surface area contributed by atoms with E-state index in [1.54, 1.807) is 17.3 Å². The van der Waals surface area contributed by atoms with Gasteiger partial charge in [0.15, 0.2) is 15.5 Å². The van der Waals surface area contributed by atoms with Crippen molar-refractivity contribution in [3.05, 3.63) is 48.1 Å². The third-order valence-corrected chi connectivity index (χ3v) is 8.97. The van der Waals surface area contributed by atoms with E-state index in [0.29, 0.717) is 23.3 Å². The number of nitrogens with two attached hydrogens (primary N) is 1. The van der Waals surface area contributed by atoms with Gasteiger partial charge in [-0.1, -0.05) is 13.0 Å². The van der Waals surface area contributed by atoms with E-state index in [4.69, 9.17) is 10.7 Å². The van der Waals surface area contributed by atoms with Gasteiger partial charge in [0.05, 0.1) is 17.6 Å². The summed E-state index contributed by atoms with van der Waals surface area (Å²) in [7, 11) is -3.74. The molecule has 4 aromatic heterocycles. The van der Waals surface area contributed by atoms with E-state index in [2.05, 4.69) is 30.6 Å². The number of sulfone groups is 1. The quantitative estimate of drug-likeness (QED) is 0.253. The summed E-state index contributed by atoms with van der Waals surface area (Å²) in [6.45, 7) is 6.89. The molecule has 1 aliphatic heterocycles. The number of hydrogen-bond donors (Lipinski definition) is 3. The van der Waals surface area contributed by atoms with Crippen LogP contribution < -0.4 is 11.1 Å². The lowest BCUT2D eigenvalue weighted by Crippen LogP contribution is -2.45. The Kier molecular flexibility index (Phi) is 8.04. The average molecular weight is 581 g/mol. The van der Waals surface area contributed by atoms with Crippen molar-refractivity contribution in [1.29, 1.82) is 0 Å². The Labute approximate surface area is 238 Å². The van der Waals surface area contributed by atoms with Crippen molar-refractivity contribution >= 4 is 27.2 Å². The van der Waals surface area contributed by atoms with Crippen LogP contribution in [-0.4, -0.2) is 78.9 Å². The van der Waals surface area contributed by atoms with Gasteiger partial charge >= 0.3 is 0 Å². The van der Waals surface area contributed by atoms with Crippen molar-refractivity contribution in [2.24, 2.45) is 0 Å². The first-order valence-electron chi connectivity index (χ1n) is 13.8. The second kappa shape index (κ2) is 11.5. The van der Waals surface area contributed by atoms with E-state index < -0.39 is 9.84 Å². The molecule has 1 saturated heterocycles. The number of aromatic nitrogens is 7. The maximum Gasteiger partial charge on any atom is 0.292 e. The number of pyridine rings is 1. The zero-order valence-corrected chi connectivity index (χ0v) is 24.5. The van der Waals surface area contributed by atoms with Crippen LogP contribution in [0.4, 0.5) is 5.82 Å². The summed E-state index contributed by atoms with van der Waals surface area (Å²) in [5.41, 5.74) is 9.70. The van der Waals surface area contributed by atoms with Crippen molar-refractivity contribution in [3.8, 4) is 11.1 Å². The standard InChI is InChI=1S/C27H36N10O3S/c1-5-16(2)36(27(38)25-31-15-32-35-25)17(3)8-10-22-23(41(4,39)40)24(28)37-26(34-22)19(14-33-37)18-9-11-21(30-13-18)20-7-6-12-29-20/h9,11,13-17,20,29H,5-8,10,12,28H2,1-4H3,(H,31,32,35)/t16-,17?,20?/m0/s1. The number of fused-ring (bicyclic) bond motifs is 1. The SMILES string of the molecule is CC[C@H](C)N(C(=O)c1nnc[nH]1)C(C)CCc1nc2c(-c3ccc(C4CCCN4)nc3)cnn2c(N)c1S(C)(=O)=O. The summed E-state index contributed by atoms with van der Waals surface area (Å²) in [4.78, 5) is 27.2. The third-order valence-electron chi connectivity index (χ3n) is 7.79. The first kappa shape index (κ1) is 28.6. The molecule has 41 heavy (non-hydrogen) atoms.